The molecule has 0 fully saturated rings. The number of unbranched alkanes of at least 4 members (excludes halogenated alkanes) is 12. The Balaban J connectivity index is 4.46. The third-order valence-electron chi connectivity index (χ3n) is 6.59. The lowest BCUT2D eigenvalue weighted by Gasteiger charge is -2.20. The summed E-state index contributed by atoms with van der Waals surface area (Å²) in [6.45, 7) is 2.20. The number of esters is 2. The molecule has 0 saturated carbocycles. The standard InChI is InChI=1S/C32H59O10P/c1-3-5-7-9-11-12-13-14-15-16-18-20-22-24-32(36)42-30(28-41-43(37,38)40-26-29(34)25-33)27-39-31(35)23-21-19-17-10-8-6-4-2/h7,9,12-13,29-30,33-34H,3-6,8,10-11,14-28H2,1-2H3,(H,37,38)/b9-7-,13-12-. The molecule has 0 aliphatic carbocycles. The first kappa shape index (κ1) is 41.4. The van der Waals surface area contributed by atoms with E-state index in [0.717, 1.165) is 64.2 Å². The molecular formula is C32H59O10P. The number of hydrogen-bond acceptors (Lipinski definition) is 9. The number of allylic oxidation sites excluding steroid dienone is 4. The zero-order valence-electron chi connectivity index (χ0n) is 26.7. The van der Waals surface area contributed by atoms with Gasteiger partial charge >= 0.3 is 19.8 Å². The van der Waals surface area contributed by atoms with E-state index >= 15 is 0 Å². The minimum atomic E-state index is -4.60. The number of hydrogen-bond donors (Lipinski definition) is 3. The summed E-state index contributed by atoms with van der Waals surface area (Å²) in [6, 6.07) is 0. The van der Waals surface area contributed by atoms with Crippen molar-refractivity contribution in [3.05, 3.63) is 24.3 Å². The fourth-order valence-corrected chi connectivity index (χ4v) is 4.82. The number of phosphoric acid groups is 1. The molecule has 0 aromatic carbocycles. The highest BCUT2D eigenvalue weighted by Crippen LogP contribution is 2.43. The van der Waals surface area contributed by atoms with Gasteiger partial charge in [-0.05, 0) is 38.5 Å². The second kappa shape index (κ2) is 29.2. The average Bonchev–Trinajstić information content (AvgIpc) is 2.99. The van der Waals surface area contributed by atoms with Crippen LogP contribution in [0.15, 0.2) is 24.3 Å². The van der Waals surface area contributed by atoms with Gasteiger partial charge in [0.1, 0.15) is 12.7 Å². The van der Waals surface area contributed by atoms with Gasteiger partial charge in [-0.1, -0.05) is 102 Å². The molecule has 11 heteroatoms. The smallest absolute Gasteiger partial charge is 0.462 e. The number of phosphoric ester groups is 1. The Labute approximate surface area is 259 Å². The Kier molecular flexibility index (Phi) is 28.1. The quantitative estimate of drug-likeness (QED) is 0.0323. The number of aliphatic hydroxyl groups excluding tert-OH is 2. The Morgan fingerprint density at radius 3 is 1.88 bits per heavy atom. The zero-order chi connectivity index (χ0) is 32.0. The summed E-state index contributed by atoms with van der Waals surface area (Å²) in [7, 11) is -4.60. The van der Waals surface area contributed by atoms with Crippen LogP contribution in [0.4, 0.5) is 0 Å². The molecule has 10 nitrogen and oxygen atoms in total. The van der Waals surface area contributed by atoms with Gasteiger partial charge in [-0.15, -0.1) is 0 Å². The van der Waals surface area contributed by atoms with Crippen molar-refractivity contribution in [2.24, 2.45) is 0 Å². The molecule has 0 spiro atoms. The number of carbonyl (C=O) groups is 2. The summed E-state index contributed by atoms with van der Waals surface area (Å²) < 4.78 is 32.3. The first-order valence-electron chi connectivity index (χ1n) is 16.3. The van der Waals surface area contributed by atoms with E-state index < -0.39 is 51.8 Å². The van der Waals surface area contributed by atoms with Crippen LogP contribution in [0.1, 0.15) is 129 Å². The first-order chi connectivity index (χ1) is 20.7. The van der Waals surface area contributed by atoms with Gasteiger partial charge < -0.3 is 24.6 Å². The number of rotatable bonds is 30. The van der Waals surface area contributed by atoms with Crippen LogP contribution in [0, 0.1) is 0 Å². The van der Waals surface area contributed by atoms with Crippen LogP contribution >= 0.6 is 7.82 Å². The van der Waals surface area contributed by atoms with Crippen molar-refractivity contribution in [2.75, 3.05) is 26.4 Å². The summed E-state index contributed by atoms with van der Waals surface area (Å²) in [5.41, 5.74) is 0. The third kappa shape index (κ3) is 28.9. The molecule has 43 heavy (non-hydrogen) atoms. The Hall–Kier alpha value is -1.55. The maximum absolute atomic E-state index is 12.4. The first-order valence-corrected chi connectivity index (χ1v) is 17.8. The van der Waals surface area contributed by atoms with Crippen LogP contribution in [0.5, 0.6) is 0 Å². The van der Waals surface area contributed by atoms with Gasteiger partial charge in [0.05, 0.1) is 19.8 Å². The molecule has 0 aliphatic rings. The van der Waals surface area contributed by atoms with E-state index in [9.17, 15) is 24.2 Å². The number of aliphatic hydroxyl groups is 2. The van der Waals surface area contributed by atoms with Gasteiger partial charge in [-0.3, -0.25) is 18.6 Å². The molecule has 0 aliphatic heterocycles. The molecule has 0 heterocycles. The molecule has 0 radical (unpaired) electrons. The molecular weight excluding hydrogens is 575 g/mol. The van der Waals surface area contributed by atoms with Crippen molar-refractivity contribution >= 4 is 19.8 Å². The van der Waals surface area contributed by atoms with Gasteiger partial charge in [-0.2, -0.15) is 0 Å². The normalized spacial score (nSPS) is 14.6. The van der Waals surface area contributed by atoms with Crippen molar-refractivity contribution < 1.29 is 47.8 Å². The third-order valence-corrected chi connectivity index (χ3v) is 7.54. The lowest BCUT2D eigenvalue weighted by molar-refractivity contribution is -0.161. The largest absolute Gasteiger partial charge is 0.472 e. The van der Waals surface area contributed by atoms with Gasteiger partial charge in [0.15, 0.2) is 6.10 Å². The lowest BCUT2D eigenvalue weighted by atomic mass is 10.1. The second-order valence-electron chi connectivity index (χ2n) is 10.8. The van der Waals surface area contributed by atoms with Crippen LogP contribution < -0.4 is 0 Å². The second-order valence-corrected chi connectivity index (χ2v) is 12.3. The predicted octanol–water partition coefficient (Wildman–Crippen LogP) is 7.10. The molecule has 0 saturated heterocycles. The van der Waals surface area contributed by atoms with Crippen LogP contribution in [0.2, 0.25) is 0 Å². The SMILES string of the molecule is CCC/C=C\C/C=C\CCCCCCCC(=O)OC(COC(=O)CCCCCCCCC)COP(=O)(O)OCC(O)CO. The Morgan fingerprint density at radius 1 is 0.698 bits per heavy atom. The highest BCUT2D eigenvalue weighted by atomic mass is 31.2. The van der Waals surface area contributed by atoms with Gasteiger partial charge in [-0.25, -0.2) is 4.57 Å². The van der Waals surface area contributed by atoms with E-state index in [-0.39, 0.29) is 19.4 Å². The van der Waals surface area contributed by atoms with Gasteiger partial charge in [0.25, 0.3) is 0 Å². The number of ether oxygens (including phenoxy) is 2. The molecule has 0 amide bonds. The monoisotopic (exact) mass is 634 g/mol. The van der Waals surface area contributed by atoms with E-state index in [1.165, 1.54) is 25.7 Å². The maximum Gasteiger partial charge on any atom is 0.472 e. The number of carbonyl (C=O) groups excluding carboxylic acids is 2. The van der Waals surface area contributed by atoms with Crippen molar-refractivity contribution in [1.82, 2.24) is 0 Å². The highest BCUT2D eigenvalue weighted by Gasteiger charge is 2.27. The minimum absolute atomic E-state index is 0.169. The van der Waals surface area contributed by atoms with Crippen molar-refractivity contribution in [3.8, 4) is 0 Å². The van der Waals surface area contributed by atoms with E-state index in [2.05, 4.69) is 42.7 Å². The lowest BCUT2D eigenvalue weighted by Crippen LogP contribution is -2.29. The van der Waals surface area contributed by atoms with Gasteiger partial charge in [0, 0.05) is 12.8 Å². The predicted molar refractivity (Wildman–Crippen MR) is 168 cm³/mol. The topological polar surface area (TPSA) is 149 Å². The molecule has 0 aromatic heterocycles. The molecule has 0 rings (SSSR count). The minimum Gasteiger partial charge on any atom is -0.462 e. The molecule has 3 N–H and O–H groups in total. The van der Waals surface area contributed by atoms with Gasteiger partial charge in [0.2, 0.25) is 0 Å². The molecule has 3 atom stereocenters. The summed E-state index contributed by atoms with van der Waals surface area (Å²) in [6.07, 6.45) is 23.2. The van der Waals surface area contributed by atoms with Crippen molar-refractivity contribution in [2.45, 2.75) is 142 Å². The van der Waals surface area contributed by atoms with Crippen LogP contribution in [-0.2, 0) is 32.7 Å². The van der Waals surface area contributed by atoms with Crippen molar-refractivity contribution in [3.63, 3.8) is 0 Å². The molecule has 252 valence electrons. The Morgan fingerprint density at radius 2 is 1.26 bits per heavy atom. The van der Waals surface area contributed by atoms with E-state index in [4.69, 9.17) is 19.1 Å². The van der Waals surface area contributed by atoms with Crippen LogP contribution in [0.3, 0.4) is 0 Å². The molecule has 0 bridgehead atoms. The fraction of sp³-hybridized carbons (Fsp3) is 0.812. The van der Waals surface area contributed by atoms with E-state index in [0.29, 0.717) is 12.8 Å². The Bertz CT molecular complexity index is 786. The fourth-order valence-electron chi connectivity index (χ4n) is 4.03. The summed E-state index contributed by atoms with van der Waals surface area (Å²) >= 11 is 0. The zero-order valence-corrected chi connectivity index (χ0v) is 27.6. The summed E-state index contributed by atoms with van der Waals surface area (Å²) in [5.74, 6) is -0.952. The van der Waals surface area contributed by atoms with E-state index in [1.54, 1.807) is 0 Å². The van der Waals surface area contributed by atoms with E-state index in [1.807, 2.05) is 0 Å². The molecule has 3 unspecified atom stereocenters. The summed E-state index contributed by atoms with van der Waals surface area (Å²) in [4.78, 5) is 34.5. The van der Waals surface area contributed by atoms with Crippen LogP contribution in [0.25, 0.3) is 0 Å². The van der Waals surface area contributed by atoms with Crippen LogP contribution in [-0.4, -0.2) is 65.7 Å². The highest BCUT2D eigenvalue weighted by molar-refractivity contribution is 7.47. The maximum atomic E-state index is 12.4. The average molecular weight is 635 g/mol. The molecule has 0 aromatic rings. The van der Waals surface area contributed by atoms with Crippen molar-refractivity contribution in [1.29, 1.82) is 0 Å². The summed E-state index contributed by atoms with van der Waals surface area (Å²) in [5, 5.41) is 18.2.